The van der Waals surface area contributed by atoms with Gasteiger partial charge < -0.3 is 10.2 Å². The number of hydrogen-bond acceptors (Lipinski definition) is 2. The first-order chi connectivity index (χ1) is 8.77. The number of hydrogen-bond donors (Lipinski definition) is 1. The Morgan fingerprint density at radius 2 is 1.94 bits per heavy atom. The van der Waals surface area contributed by atoms with E-state index in [1.807, 2.05) is 6.07 Å². The Bertz CT molecular complexity index is 488. The summed E-state index contributed by atoms with van der Waals surface area (Å²) in [5.41, 5.74) is 5.08. The number of rotatable bonds is 1. The summed E-state index contributed by atoms with van der Waals surface area (Å²) in [6, 6.07) is 4.16. The van der Waals surface area contributed by atoms with E-state index in [0.29, 0.717) is 0 Å². The van der Waals surface area contributed by atoms with Gasteiger partial charge in [0.15, 0.2) is 0 Å². The van der Waals surface area contributed by atoms with E-state index in [4.69, 9.17) is 11.6 Å². The predicted molar refractivity (Wildman–Crippen MR) is 78.1 cm³/mol. The molecule has 0 amide bonds. The number of fused-ring (bicyclic) bond motifs is 1. The molecule has 2 heterocycles. The van der Waals surface area contributed by atoms with Crippen molar-refractivity contribution in [3.05, 3.63) is 34.4 Å². The van der Waals surface area contributed by atoms with Crippen LogP contribution in [0.1, 0.15) is 30.4 Å². The van der Waals surface area contributed by atoms with Crippen molar-refractivity contribution in [3.63, 3.8) is 0 Å². The Labute approximate surface area is 114 Å². The molecule has 1 fully saturated rings. The van der Waals surface area contributed by atoms with Crippen LogP contribution in [0.3, 0.4) is 0 Å². The minimum absolute atomic E-state index is 0.848. The summed E-state index contributed by atoms with van der Waals surface area (Å²) in [5, 5.41) is 4.30. The second-order valence-electron chi connectivity index (χ2n) is 5.11. The Hall–Kier alpha value is -1.15. The van der Waals surface area contributed by atoms with Gasteiger partial charge in [-0.1, -0.05) is 11.6 Å². The van der Waals surface area contributed by atoms with Gasteiger partial charge in [0.25, 0.3) is 0 Å². The van der Waals surface area contributed by atoms with Gasteiger partial charge in [-0.25, -0.2) is 0 Å². The minimum atomic E-state index is 0.848. The van der Waals surface area contributed by atoms with E-state index in [1.54, 1.807) is 0 Å². The van der Waals surface area contributed by atoms with Crippen LogP contribution in [0, 0.1) is 6.92 Å². The zero-order valence-electron chi connectivity index (χ0n) is 10.8. The molecule has 0 aromatic heterocycles. The van der Waals surface area contributed by atoms with Gasteiger partial charge in [-0.15, -0.1) is 0 Å². The fourth-order valence-electron chi connectivity index (χ4n) is 2.92. The van der Waals surface area contributed by atoms with E-state index in [-0.39, 0.29) is 0 Å². The summed E-state index contributed by atoms with van der Waals surface area (Å²) in [7, 11) is 0. The molecule has 0 aliphatic carbocycles. The van der Waals surface area contributed by atoms with Gasteiger partial charge in [0.1, 0.15) is 0 Å². The van der Waals surface area contributed by atoms with Crippen LogP contribution in [-0.2, 0) is 0 Å². The molecular formula is C15H19ClN2. The second kappa shape index (κ2) is 4.85. The van der Waals surface area contributed by atoms with Gasteiger partial charge in [-0.2, -0.15) is 0 Å². The monoisotopic (exact) mass is 262 g/mol. The molecule has 1 N–H and O–H groups in total. The van der Waals surface area contributed by atoms with Crippen molar-refractivity contribution in [1.82, 2.24) is 4.90 Å². The van der Waals surface area contributed by atoms with Crippen molar-refractivity contribution in [3.8, 4) is 0 Å². The maximum Gasteiger partial charge on any atom is 0.0481 e. The quantitative estimate of drug-likeness (QED) is 0.826. The number of nitrogens with zero attached hydrogens (tertiary/aromatic N) is 1. The van der Waals surface area contributed by atoms with Crippen molar-refractivity contribution in [1.29, 1.82) is 0 Å². The lowest BCUT2D eigenvalue weighted by Crippen LogP contribution is -2.30. The van der Waals surface area contributed by atoms with Crippen LogP contribution in [0.4, 0.5) is 5.69 Å². The van der Waals surface area contributed by atoms with Gasteiger partial charge in [0.2, 0.25) is 0 Å². The van der Waals surface area contributed by atoms with Crippen LogP contribution >= 0.6 is 11.6 Å². The van der Waals surface area contributed by atoms with E-state index >= 15 is 0 Å². The van der Waals surface area contributed by atoms with Crippen LogP contribution < -0.4 is 5.32 Å². The number of anilines is 1. The molecule has 1 saturated heterocycles. The molecule has 0 bridgehead atoms. The van der Waals surface area contributed by atoms with Crippen LogP contribution in [0.5, 0.6) is 0 Å². The SMILES string of the molecule is Cc1c(Cl)ccc2c1NCC=C2N1CCCCC1. The third-order valence-corrected chi connectivity index (χ3v) is 4.36. The number of benzene rings is 1. The molecule has 0 radical (unpaired) electrons. The highest BCUT2D eigenvalue weighted by atomic mass is 35.5. The fourth-order valence-corrected chi connectivity index (χ4v) is 3.08. The minimum Gasteiger partial charge on any atom is -0.381 e. The lowest BCUT2D eigenvalue weighted by Gasteiger charge is -2.34. The molecular weight excluding hydrogens is 244 g/mol. The van der Waals surface area contributed by atoms with Gasteiger partial charge in [-0.05, 0) is 50.0 Å². The van der Waals surface area contributed by atoms with Gasteiger partial charge in [-0.3, -0.25) is 0 Å². The molecule has 0 spiro atoms. The van der Waals surface area contributed by atoms with Crippen molar-refractivity contribution < 1.29 is 0 Å². The van der Waals surface area contributed by atoms with Crippen molar-refractivity contribution in [2.24, 2.45) is 0 Å². The lowest BCUT2D eigenvalue weighted by atomic mass is 9.99. The van der Waals surface area contributed by atoms with Crippen LogP contribution in [0.2, 0.25) is 5.02 Å². The first kappa shape index (κ1) is 11.9. The van der Waals surface area contributed by atoms with E-state index in [9.17, 15) is 0 Å². The molecule has 1 aromatic carbocycles. The van der Waals surface area contributed by atoms with Crippen molar-refractivity contribution in [2.45, 2.75) is 26.2 Å². The van der Waals surface area contributed by atoms with Gasteiger partial charge >= 0.3 is 0 Å². The van der Waals surface area contributed by atoms with E-state index in [0.717, 1.165) is 17.1 Å². The summed E-state index contributed by atoms with van der Waals surface area (Å²) < 4.78 is 0. The standard InChI is InChI=1S/C15H19ClN2/c1-11-13(16)6-5-12-14(7-8-17-15(11)12)18-9-3-2-4-10-18/h5-7,17H,2-4,8-10H2,1H3. The molecule has 2 nitrogen and oxygen atoms in total. The summed E-state index contributed by atoms with van der Waals surface area (Å²) in [5.74, 6) is 0. The average molecular weight is 263 g/mol. The Morgan fingerprint density at radius 1 is 1.17 bits per heavy atom. The predicted octanol–water partition coefficient (Wildman–Crippen LogP) is 3.90. The molecule has 3 heteroatoms. The average Bonchev–Trinajstić information content (AvgIpc) is 2.43. The first-order valence-corrected chi connectivity index (χ1v) is 7.13. The summed E-state index contributed by atoms with van der Waals surface area (Å²) in [6.07, 6.45) is 6.30. The zero-order valence-corrected chi connectivity index (χ0v) is 11.6. The second-order valence-corrected chi connectivity index (χ2v) is 5.52. The molecule has 0 unspecified atom stereocenters. The maximum absolute atomic E-state index is 6.21. The van der Waals surface area contributed by atoms with Crippen molar-refractivity contribution >= 4 is 23.0 Å². The van der Waals surface area contributed by atoms with Crippen LogP contribution in [0.25, 0.3) is 5.70 Å². The first-order valence-electron chi connectivity index (χ1n) is 6.76. The third-order valence-electron chi connectivity index (χ3n) is 3.95. The highest BCUT2D eigenvalue weighted by molar-refractivity contribution is 6.31. The third kappa shape index (κ3) is 1.99. The molecule has 1 aromatic rings. The molecule has 0 saturated carbocycles. The number of likely N-dealkylation sites (tertiary alicyclic amines) is 1. The van der Waals surface area contributed by atoms with Crippen molar-refractivity contribution in [2.75, 3.05) is 25.0 Å². The number of piperidine rings is 1. The fraction of sp³-hybridized carbons (Fsp3) is 0.467. The Morgan fingerprint density at radius 3 is 2.72 bits per heavy atom. The van der Waals surface area contributed by atoms with E-state index in [1.165, 1.54) is 49.3 Å². The highest BCUT2D eigenvalue weighted by Gasteiger charge is 2.21. The lowest BCUT2D eigenvalue weighted by molar-refractivity contribution is 0.325. The normalized spacial score (nSPS) is 19.0. The molecule has 2 aliphatic rings. The summed E-state index contributed by atoms with van der Waals surface area (Å²) in [6.45, 7) is 5.37. The van der Waals surface area contributed by atoms with Crippen LogP contribution in [0.15, 0.2) is 18.2 Å². The smallest absolute Gasteiger partial charge is 0.0481 e. The number of halogens is 1. The zero-order chi connectivity index (χ0) is 12.5. The largest absolute Gasteiger partial charge is 0.381 e. The maximum atomic E-state index is 6.21. The Balaban J connectivity index is 1.99. The Kier molecular flexibility index (Phi) is 3.21. The summed E-state index contributed by atoms with van der Waals surface area (Å²) in [4.78, 5) is 2.52. The topological polar surface area (TPSA) is 15.3 Å². The molecule has 3 rings (SSSR count). The molecule has 96 valence electrons. The van der Waals surface area contributed by atoms with Gasteiger partial charge in [0, 0.05) is 41.6 Å². The molecule has 2 aliphatic heterocycles. The molecule has 0 atom stereocenters. The number of nitrogens with one attached hydrogen (secondary N) is 1. The molecule has 18 heavy (non-hydrogen) atoms. The summed E-state index contributed by atoms with van der Waals surface area (Å²) >= 11 is 6.21. The van der Waals surface area contributed by atoms with E-state index in [2.05, 4.69) is 29.3 Å². The van der Waals surface area contributed by atoms with Crippen LogP contribution in [-0.4, -0.2) is 24.5 Å². The van der Waals surface area contributed by atoms with E-state index < -0.39 is 0 Å². The van der Waals surface area contributed by atoms with Gasteiger partial charge in [0.05, 0.1) is 0 Å². The highest BCUT2D eigenvalue weighted by Crippen LogP contribution is 2.36.